The van der Waals surface area contributed by atoms with Gasteiger partial charge in [0.2, 0.25) is 0 Å². The van der Waals surface area contributed by atoms with Crippen LogP contribution in [0.3, 0.4) is 0 Å². The largest absolute Gasteiger partial charge is 0.373 e. The lowest BCUT2D eigenvalue weighted by atomic mass is 10.3. The quantitative estimate of drug-likeness (QED) is 0.596. The second-order valence-electron chi connectivity index (χ2n) is 3.79. The lowest BCUT2D eigenvalue weighted by Crippen LogP contribution is -2.21. The Morgan fingerprint density at radius 3 is 2.61 bits per heavy atom. The SMILES string of the molecule is CNc1cc([N+](=O)[O-])cc(NCC(C)S(C)=O)n1. The Hall–Kier alpha value is -1.70. The van der Waals surface area contributed by atoms with Crippen molar-refractivity contribution in [3.63, 3.8) is 0 Å². The summed E-state index contributed by atoms with van der Waals surface area (Å²) in [5.41, 5.74) is -0.0397. The van der Waals surface area contributed by atoms with Gasteiger partial charge >= 0.3 is 0 Å². The monoisotopic (exact) mass is 272 g/mol. The summed E-state index contributed by atoms with van der Waals surface area (Å²) in [7, 11) is 0.693. The van der Waals surface area contributed by atoms with E-state index < -0.39 is 15.7 Å². The van der Waals surface area contributed by atoms with Crippen LogP contribution >= 0.6 is 0 Å². The van der Waals surface area contributed by atoms with Crippen LogP contribution in [-0.2, 0) is 10.8 Å². The van der Waals surface area contributed by atoms with E-state index in [9.17, 15) is 14.3 Å². The van der Waals surface area contributed by atoms with Crippen LogP contribution in [0.2, 0.25) is 0 Å². The van der Waals surface area contributed by atoms with Gasteiger partial charge in [-0.05, 0) is 6.92 Å². The summed E-state index contributed by atoms with van der Waals surface area (Å²) in [5.74, 6) is 0.808. The van der Waals surface area contributed by atoms with E-state index in [4.69, 9.17) is 0 Å². The first-order valence-corrected chi connectivity index (χ1v) is 6.96. The van der Waals surface area contributed by atoms with Crippen molar-refractivity contribution in [3.8, 4) is 0 Å². The van der Waals surface area contributed by atoms with Gasteiger partial charge in [0.25, 0.3) is 5.69 Å². The average Bonchev–Trinajstić information content (AvgIpc) is 2.35. The maximum atomic E-state index is 11.2. The number of rotatable bonds is 6. The molecule has 0 aliphatic carbocycles. The molecule has 0 aromatic carbocycles. The maximum absolute atomic E-state index is 11.2. The summed E-state index contributed by atoms with van der Waals surface area (Å²) in [6.45, 7) is 2.28. The molecule has 2 N–H and O–H groups in total. The Balaban J connectivity index is 2.85. The second-order valence-corrected chi connectivity index (χ2v) is 5.59. The number of pyridine rings is 1. The van der Waals surface area contributed by atoms with Crippen LogP contribution in [0.15, 0.2) is 12.1 Å². The number of nitrogens with zero attached hydrogens (tertiary/aromatic N) is 2. The molecule has 8 heteroatoms. The summed E-state index contributed by atoms with van der Waals surface area (Å²) in [6, 6.07) is 2.71. The molecule has 1 aromatic heterocycles. The molecule has 0 aliphatic heterocycles. The Bertz CT molecular complexity index is 466. The number of anilines is 2. The lowest BCUT2D eigenvalue weighted by Gasteiger charge is -2.11. The van der Waals surface area contributed by atoms with Gasteiger partial charge in [-0.3, -0.25) is 14.3 Å². The third-order valence-corrected chi connectivity index (χ3v) is 3.71. The molecule has 0 fully saturated rings. The minimum absolute atomic E-state index is 0.0397. The number of aromatic nitrogens is 1. The predicted molar refractivity (Wildman–Crippen MR) is 72.5 cm³/mol. The molecule has 100 valence electrons. The molecule has 2 atom stereocenters. The predicted octanol–water partition coefficient (Wildman–Crippen LogP) is 1.21. The second kappa shape index (κ2) is 6.29. The van der Waals surface area contributed by atoms with Crippen LogP contribution in [0.1, 0.15) is 6.92 Å². The summed E-state index contributed by atoms with van der Waals surface area (Å²) < 4.78 is 11.2. The molecule has 1 heterocycles. The third kappa shape index (κ3) is 3.95. The zero-order valence-electron chi connectivity index (χ0n) is 10.5. The molecule has 1 rings (SSSR count). The summed E-state index contributed by atoms with van der Waals surface area (Å²) >= 11 is 0. The van der Waals surface area contributed by atoms with Crippen molar-refractivity contribution in [2.45, 2.75) is 12.2 Å². The summed E-state index contributed by atoms with van der Waals surface area (Å²) in [4.78, 5) is 14.4. The average molecular weight is 272 g/mol. The Labute approximate surface area is 108 Å². The van der Waals surface area contributed by atoms with Gasteiger partial charge in [0.15, 0.2) is 0 Å². The molecule has 0 saturated carbocycles. The van der Waals surface area contributed by atoms with Gasteiger partial charge in [0, 0.05) is 35.9 Å². The van der Waals surface area contributed by atoms with Gasteiger partial charge in [0.1, 0.15) is 11.6 Å². The highest BCUT2D eigenvalue weighted by Gasteiger charge is 2.12. The van der Waals surface area contributed by atoms with Gasteiger partial charge in [-0.1, -0.05) is 0 Å². The first-order valence-electron chi connectivity index (χ1n) is 5.34. The van der Waals surface area contributed by atoms with E-state index in [0.29, 0.717) is 18.2 Å². The molecule has 1 aromatic rings. The zero-order chi connectivity index (χ0) is 13.7. The van der Waals surface area contributed by atoms with Gasteiger partial charge in [-0.2, -0.15) is 0 Å². The van der Waals surface area contributed by atoms with E-state index in [0.717, 1.165) is 0 Å². The Kier molecular flexibility index (Phi) is 5.02. The van der Waals surface area contributed by atoms with Crippen LogP contribution < -0.4 is 10.6 Å². The van der Waals surface area contributed by atoms with Crippen molar-refractivity contribution in [3.05, 3.63) is 22.2 Å². The van der Waals surface area contributed by atoms with Crippen molar-refractivity contribution in [2.24, 2.45) is 0 Å². The van der Waals surface area contributed by atoms with Crippen LogP contribution in [0, 0.1) is 10.1 Å². The standard InChI is InChI=1S/C10H16N4O3S/c1-7(18(3)17)6-12-10-5-8(14(15)16)4-9(11-2)13-10/h4-5,7H,6H2,1-3H3,(H2,11,12,13). The van der Waals surface area contributed by atoms with E-state index in [1.165, 1.54) is 12.1 Å². The fourth-order valence-corrected chi connectivity index (χ4v) is 1.52. The van der Waals surface area contributed by atoms with Gasteiger partial charge in [-0.25, -0.2) is 4.98 Å². The van der Waals surface area contributed by atoms with E-state index in [2.05, 4.69) is 15.6 Å². The zero-order valence-corrected chi connectivity index (χ0v) is 11.3. The van der Waals surface area contributed by atoms with Crippen molar-refractivity contribution in [2.75, 3.05) is 30.5 Å². The van der Waals surface area contributed by atoms with Gasteiger partial charge < -0.3 is 10.6 Å². The van der Waals surface area contributed by atoms with Crippen LogP contribution in [-0.4, -0.2) is 39.2 Å². The van der Waals surface area contributed by atoms with Crippen molar-refractivity contribution >= 4 is 28.1 Å². The molecule has 18 heavy (non-hydrogen) atoms. The molecule has 0 spiro atoms. The van der Waals surface area contributed by atoms with E-state index in [-0.39, 0.29) is 10.9 Å². The lowest BCUT2D eigenvalue weighted by molar-refractivity contribution is -0.384. The minimum Gasteiger partial charge on any atom is -0.373 e. The minimum atomic E-state index is -0.945. The topological polar surface area (TPSA) is 97.2 Å². The van der Waals surface area contributed by atoms with Crippen molar-refractivity contribution in [1.82, 2.24) is 4.98 Å². The number of nitrogens with one attached hydrogen (secondary N) is 2. The summed E-state index contributed by atoms with van der Waals surface area (Å²) in [5, 5.41) is 16.4. The summed E-state index contributed by atoms with van der Waals surface area (Å²) in [6.07, 6.45) is 1.62. The molecule has 2 unspecified atom stereocenters. The normalized spacial score (nSPS) is 13.7. The highest BCUT2D eigenvalue weighted by atomic mass is 32.2. The fourth-order valence-electron chi connectivity index (χ4n) is 1.21. The molecular formula is C10H16N4O3S. The molecule has 7 nitrogen and oxygen atoms in total. The van der Waals surface area contributed by atoms with Crippen LogP contribution in [0.5, 0.6) is 0 Å². The Morgan fingerprint density at radius 1 is 1.50 bits per heavy atom. The molecule has 0 radical (unpaired) electrons. The smallest absolute Gasteiger partial charge is 0.276 e. The van der Waals surface area contributed by atoms with Gasteiger partial charge in [0.05, 0.1) is 17.1 Å². The number of hydrogen-bond acceptors (Lipinski definition) is 6. The first kappa shape index (κ1) is 14.4. The van der Waals surface area contributed by atoms with E-state index in [1.54, 1.807) is 13.3 Å². The molecule has 0 aliphatic rings. The molecule has 0 amide bonds. The first-order chi connectivity index (χ1) is 8.43. The Morgan fingerprint density at radius 2 is 2.11 bits per heavy atom. The van der Waals surface area contributed by atoms with E-state index >= 15 is 0 Å². The molecular weight excluding hydrogens is 256 g/mol. The number of hydrogen-bond donors (Lipinski definition) is 2. The van der Waals surface area contributed by atoms with Crippen LogP contribution in [0.25, 0.3) is 0 Å². The third-order valence-electron chi connectivity index (χ3n) is 2.41. The van der Waals surface area contributed by atoms with E-state index in [1.807, 2.05) is 6.92 Å². The highest BCUT2D eigenvalue weighted by Crippen LogP contribution is 2.20. The van der Waals surface area contributed by atoms with Crippen molar-refractivity contribution in [1.29, 1.82) is 0 Å². The molecule has 0 bridgehead atoms. The highest BCUT2D eigenvalue weighted by molar-refractivity contribution is 7.84. The maximum Gasteiger partial charge on any atom is 0.276 e. The number of nitro groups is 1. The van der Waals surface area contributed by atoms with Gasteiger partial charge in [-0.15, -0.1) is 0 Å². The molecule has 0 saturated heterocycles. The fraction of sp³-hybridized carbons (Fsp3) is 0.500. The van der Waals surface area contributed by atoms with Crippen molar-refractivity contribution < 1.29 is 9.13 Å². The van der Waals surface area contributed by atoms with Crippen LogP contribution in [0.4, 0.5) is 17.3 Å².